The molecule has 1 saturated heterocycles. The van der Waals surface area contributed by atoms with Crippen LogP contribution in [-0.2, 0) is 20.5 Å². The Bertz CT molecular complexity index is 2050. The highest BCUT2D eigenvalue weighted by atomic mass is 35.5. The summed E-state index contributed by atoms with van der Waals surface area (Å²) >= 11 is 13.3. The number of aromatic carboxylic acids is 1. The molecule has 11 heteroatoms. The van der Waals surface area contributed by atoms with E-state index >= 15 is 0 Å². The van der Waals surface area contributed by atoms with Crippen LogP contribution >= 0.6 is 23.2 Å². The normalized spacial score (nSPS) is 13.4. The summed E-state index contributed by atoms with van der Waals surface area (Å²) in [6.07, 6.45) is 1.33. The number of carboxylic acids is 1. The van der Waals surface area contributed by atoms with E-state index in [1.807, 2.05) is 92.3 Å². The zero-order valence-electron chi connectivity index (χ0n) is 28.7. The Morgan fingerprint density at radius 3 is 2.14 bits per heavy atom. The van der Waals surface area contributed by atoms with Gasteiger partial charge in [-0.15, -0.1) is 0 Å². The van der Waals surface area contributed by atoms with Gasteiger partial charge >= 0.3 is 5.97 Å². The number of hydrogen-bond donors (Lipinski definition) is 1. The molecule has 0 atom stereocenters. The molecule has 3 aromatic carbocycles. The summed E-state index contributed by atoms with van der Waals surface area (Å²) in [7, 11) is 3.88. The topological polar surface area (TPSA) is 92.8 Å². The Morgan fingerprint density at radius 2 is 1.55 bits per heavy atom. The highest BCUT2D eigenvalue weighted by Gasteiger charge is 2.30. The molecule has 6 rings (SSSR count). The average molecular weight is 703 g/mol. The van der Waals surface area contributed by atoms with Gasteiger partial charge in [-0.1, -0.05) is 29.3 Å². The third-order valence-electron chi connectivity index (χ3n) is 9.67. The quantitative estimate of drug-likeness (QED) is 0.158. The number of rotatable bonds is 9. The van der Waals surface area contributed by atoms with Gasteiger partial charge in [0.05, 0.1) is 28.4 Å². The summed E-state index contributed by atoms with van der Waals surface area (Å²) in [5, 5.41) is 16.3. The van der Waals surface area contributed by atoms with Gasteiger partial charge in [-0.25, -0.2) is 4.79 Å². The van der Waals surface area contributed by atoms with E-state index in [0.29, 0.717) is 56.3 Å². The number of anilines is 1. The Kier molecular flexibility index (Phi) is 9.69. The van der Waals surface area contributed by atoms with Crippen LogP contribution in [-0.4, -0.2) is 69.0 Å². The molecule has 0 aliphatic carbocycles. The Labute approximate surface area is 296 Å². The highest BCUT2D eigenvalue weighted by molar-refractivity contribution is 6.35. The molecule has 1 fully saturated rings. The molecule has 3 heterocycles. The standard InChI is InChI=1S/C38H41Cl2N5O4/c1-22-20-28(21-23(2)34(22)40)49-19-7-8-29-30-13-14-31(39)33(32-24(3)41-43(6)25(32)4)35(30)42(5)36(29)37(46)45-17-15-44(16-18-45)27-11-9-26(10-12-27)38(47)48/h9-14,20-21H,7-8,15-19H2,1-6H3,(H,47,48). The van der Waals surface area contributed by atoms with Gasteiger partial charge in [-0.05, 0) is 99.7 Å². The van der Waals surface area contributed by atoms with E-state index in [4.69, 9.17) is 27.9 Å². The van der Waals surface area contributed by atoms with Crippen molar-refractivity contribution in [2.45, 2.75) is 40.5 Å². The summed E-state index contributed by atoms with van der Waals surface area (Å²) in [6.45, 7) is 10.8. The number of hydrogen-bond acceptors (Lipinski definition) is 5. The van der Waals surface area contributed by atoms with Crippen LogP contribution in [0.3, 0.4) is 0 Å². The molecule has 5 aromatic rings. The van der Waals surface area contributed by atoms with Crippen LogP contribution in [0.25, 0.3) is 22.0 Å². The van der Waals surface area contributed by atoms with Crippen molar-refractivity contribution in [2.75, 3.05) is 37.7 Å². The minimum atomic E-state index is -0.951. The number of benzene rings is 3. The van der Waals surface area contributed by atoms with Crippen LogP contribution < -0.4 is 9.64 Å². The largest absolute Gasteiger partial charge is 0.494 e. The minimum absolute atomic E-state index is 0.0267. The van der Waals surface area contributed by atoms with Crippen LogP contribution in [0.2, 0.25) is 10.0 Å². The monoisotopic (exact) mass is 701 g/mol. The van der Waals surface area contributed by atoms with E-state index in [1.54, 1.807) is 12.1 Å². The molecule has 1 amide bonds. The number of aryl methyl sites for hydroxylation is 6. The predicted octanol–water partition coefficient (Wildman–Crippen LogP) is 7.79. The fourth-order valence-electron chi connectivity index (χ4n) is 7.06. The van der Waals surface area contributed by atoms with E-state index in [0.717, 1.165) is 66.6 Å². The molecular weight excluding hydrogens is 661 g/mol. The number of carboxylic acid groups (broad SMARTS) is 1. The molecule has 0 saturated carbocycles. The van der Waals surface area contributed by atoms with E-state index in [9.17, 15) is 14.7 Å². The Balaban J connectivity index is 1.33. The highest BCUT2D eigenvalue weighted by Crippen LogP contribution is 2.42. The number of amides is 1. The number of ether oxygens (including phenoxy) is 1. The smallest absolute Gasteiger partial charge is 0.335 e. The summed E-state index contributed by atoms with van der Waals surface area (Å²) < 4.78 is 10.1. The van der Waals surface area contributed by atoms with Crippen LogP contribution in [0.5, 0.6) is 5.75 Å². The van der Waals surface area contributed by atoms with Crippen molar-refractivity contribution in [2.24, 2.45) is 14.1 Å². The first kappa shape index (κ1) is 34.4. The van der Waals surface area contributed by atoms with Crippen LogP contribution in [0.15, 0.2) is 48.5 Å². The second-order valence-electron chi connectivity index (χ2n) is 12.8. The van der Waals surface area contributed by atoms with Crippen LogP contribution in [0, 0.1) is 27.7 Å². The fourth-order valence-corrected chi connectivity index (χ4v) is 7.42. The molecule has 256 valence electrons. The van der Waals surface area contributed by atoms with Gasteiger partial charge in [0.2, 0.25) is 0 Å². The molecule has 9 nitrogen and oxygen atoms in total. The van der Waals surface area contributed by atoms with E-state index in [2.05, 4.69) is 10.00 Å². The molecule has 1 N–H and O–H groups in total. The third-order valence-corrected chi connectivity index (χ3v) is 10.6. The second kappa shape index (κ2) is 13.8. The lowest BCUT2D eigenvalue weighted by atomic mass is 9.98. The van der Waals surface area contributed by atoms with Gasteiger partial charge in [0, 0.05) is 73.2 Å². The lowest BCUT2D eigenvalue weighted by Gasteiger charge is -2.36. The number of fused-ring (bicyclic) bond motifs is 1. The van der Waals surface area contributed by atoms with Crippen LogP contribution in [0.1, 0.15) is 55.3 Å². The number of carbonyl (C=O) groups is 2. The van der Waals surface area contributed by atoms with Crippen molar-refractivity contribution in [3.05, 3.63) is 97.9 Å². The summed E-state index contributed by atoms with van der Waals surface area (Å²) in [6, 6.07) is 14.7. The summed E-state index contributed by atoms with van der Waals surface area (Å²) in [5.41, 5.74) is 9.39. The van der Waals surface area contributed by atoms with Crippen molar-refractivity contribution in [1.29, 1.82) is 0 Å². The van der Waals surface area contributed by atoms with Gasteiger partial charge in [0.25, 0.3) is 5.91 Å². The Morgan fingerprint density at radius 1 is 0.898 bits per heavy atom. The van der Waals surface area contributed by atoms with Crippen molar-refractivity contribution < 1.29 is 19.4 Å². The summed E-state index contributed by atoms with van der Waals surface area (Å²) in [5.74, 6) is -0.199. The van der Waals surface area contributed by atoms with Gasteiger partial charge in [0.1, 0.15) is 11.4 Å². The zero-order valence-corrected chi connectivity index (χ0v) is 30.2. The molecule has 0 spiro atoms. The van der Waals surface area contributed by atoms with Crippen molar-refractivity contribution in [1.82, 2.24) is 19.2 Å². The number of piperazine rings is 1. The maximum absolute atomic E-state index is 14.5. The second-order valence-corrected chi connectivity index (χ2v) is 13.6. The molecule has 49 heavy (non-hydrogen) atoms. The van der Waals surface area contributed by atoms with E-state index in [1.165, 1.54) is 0 Å². The van der Waals surface area contributed by atoms with Gasteiger partial charge in [-0.2, -0.15) is 5.10 Å². The number of halogens is 2. The fraction of sp³-hybridized carbons (Fsp3) is 0.342. The van der Waals surface area contributed by atoms with Crippen molar-refractivity contribution >= 4 is 51.7 Å². The summed E-state index contributed by atoms with van der Waals surface area (Å²) in [4.78, 5) is 29.9. The molecule has 0 unspecified atom stereocenters. The molecule has 0 bridgehead atoms. The number of carbonyl (C=O) groups excluding carboxylic acids is 1. The van der Waals surface area contributed by atoms with Gasteiger partial charge in [-0.3, -0.25) is 9.48 Å². The number of aromatic nitrogens is 3. The lowest BCUT2D eigenvalue weighted by Crippen LogP contribution is -2.49. The third kappa shape index (κ3) is 6.49. The van der Waals surface area contributed by atoms with Gasteiger partial charge in [0.15, 0.2) is 0 Å². The molecular formula is C38H41Cl2N5O4. The van der Waals surface area contributed by atoms with Crippen LogP contribution in [0.4, 0.5) is 5.69 Å². The lowest BCUT2D eigenvalue weighted by molar-refractivity contribution is 0.0694. The average Bonchev–Trinajstić information content (AvgIpc) is 3.51. The molecule has 1 aliphatic heterocycles. The van der Waals surface area contributed by atoms with Crippen molar-refractivity contribution in [3.63, 3.8) is 0 Å². The van der Waals surface area contributed by atoms with E-state index < -0.39 is 5.97 Å². The first-order chi connectivity index (χ1) is 23.4. The number of nitrogens with zero attached hydrogens (tertiary/aromatic N) is 5. The first-order valence-electron chi connectivity index (χ1n) is 16.4. The predicted molar refractivity (Wildman–Crippen MR) is 196 cm³/mol. The minimum Gasteiger partial charge on any atom is -0.494 e. The SMILES string of the molecule is Cc1cc(OCCCc2c(C(=O)N3CCN(c4ccc(C(=O)O)cc4)CC3)n(C)c3c(-c4c(C)nn(C)c4C)c(Cl)ccc23)cc(C)c1Cl. The molecule has 0 radical (unpaired) electrons. The maximum Gasteiger partial charge on any atom is 0.335 e. The maximum atomic E-state index is 14.5. The van der Waals surface area contributed by atoms with Crippen molar-refractivity contribution in [3.8, 4) is 16.9 Å². The van der Waals surface area contributed by atoms with Gasteiger partial charge < -0.3 is 24.2 Å². The molecule has 1 aliphatic rings. The molecule has 2 aromatic heterocycles. The zero-order chi connectivity index (χ0) is 35.1. The Hall–Kier alpha value is -4.47. The van der Waals surface area contributed by atoms with E-state index in [-0.39, 0.29) is 11.5 Å². The first-order valence-corrected chi connectivity index (χ1v) is 17.2.